The third kappa shape index (κ3) is 9.61. The molecule has 1 aromatic rings. The van der Waals surface area contributed by atoms with Gasteiger partial charge in [0, 0.05) is 25.0 Å². The molecule has 0 aromatic heterocycles. The van der Waals surface area contributed by atoms with E-state index in [2.05, 4.69) is 5.32 Å². The first-order valence-electron chi connectivity index (χ1n) is 15.6. The van der Waals surface area contributed by atoms with Crippen molar-refractivity contribution in [1.82, 2.24) is 10.2 Å². The second kappa shape index (κ2) is 16.2. The molecule has 13 nitrogen and oxygen atoms in total. The van der Waals surface area contributed by atoms with Gasteiger partial charge < -0.3 is 44.1 Å². The summed E-state index contributed by atoms with van der Waals surface area (Å²) in [5.41, 5.74) is 0.818. The van der Waals surface area contributed by atoms with Crippen LogP contribution in [0.3, 0.4) is 0 Å². The number of aliphatic hydroxyl groups excluding tert-OH is 2. The first-order valence-corrected chi connectivity index (χ1v) is 15.6. The van der Waals surface area contributed by atoms with E-state index in [4.69, 9.17) is 28.8 Å². The van der Waals surface area contributed by atoms with E-state index in [1.54, 1.807) is 57.2 Å². The fourth-order valence-electron chi connectivity index (χ4n) is 5.56. The number of esters is 2. The number of likely N-dealkylation sites (tertiary alicyclic amines) is 1. The molecule has 1 aliphatic carbocycles. The molecule has 13 heteroatoms. The molecular formula is C33H44N2O11. The standard InChI is InChI=1S/C33H44N2O11/c1-33(2,3)46-28(38)11-10-24(19-37)34-30(39)25-5-4-13-35(25)31(40)23-17-26-29(44-20-43-26)27(18-23)45-32(41)22-8-6-21(7-9-22)12-15-42-16-14-36/h6-9,12,15,17,24-27,29,36-37H,4-5,10-11,13-14,16,18-20H2,1-3H3,(H,34,39)/t24-,25+,26+,27+,29+/m0/s1. The van der Waals surface area contributed by atoms with E-state index < -0.39 is 53.8 Å². The fourth-order valence-corrected chi connectivity index (χ4v) is 5.56. The number of carbonyl (C=O) groups is 4. The first kappa shape index (κ1) is 35.1. The van der Waals surface area contributed by atoms with Gasteiger partial charge >= 0.3 is 11.9 Å². The van der Waals surface area contributed by atoms with Gasteiger partial charge in [0.15, 0.2) is 0 Å². The van der Waals surface area contributed by atoms with E-state index >= 15 is 0 Å². The van der Waals surface area contributed by atoms with Crippen molar-refractivity contribution < 1.29 is 53.1 Å². The number of aliphatic hydroxyl groups is 2. The third-order valence-electron chi connectivity index (χ3n) is 7.74. The van der Waals surface area contributed by atoms with Gasteiger partial charge in [-0.2, -0.15) is 0 Å². The van der Waals surface area contributed by atoms with Gasteiger partial charge in [0.05, 0.1) is 31.1 Å². The zero-order chi connectivity index (χ0) is 33.3. The normalized spacial score (nSPS) is 23.4. The minimum Gasteiger partial charge on any atom is -0.499 e. The molecule has 2 heterocycles. The minimum absolute atomic E-state index is 0.0126. The Bertz CT molecular complexity index is 1290. The second-order valence-electron chi connectivity index (χ2n) is 12.4. The summed E-state index contributed by atoms with van der Waals surface area (Å²) < 4.78 is 27.6. The highest BCUT2D eigenvalue weighted by Crippen LogP contribution is 2.33. The highest BCUT2D eigenvalue weighted by atomic mass is 16.7. The minimum atomic E-state index is -0.795. The Morgan fingerprint density at radius 1 is 1.13 bits per heavy atom. The molecular weight excluding hydrogens is 600 g/mol. The first-order chi connectivity index (χ1) is 22.0. The molecule has 3 N–H and O–H groups in total. The Hall–Kier alpha value is -3.78. The molecule has 0 unspecified atom stereocenters. The SMILES string of the molecule is CC(C)(C)OC(=O)CC[C@@H](CO)NC(=O)[C@H]1CCCN1C(=O)C1=C[C@H]2OCO[C@H]2[C@H](OC(=O)c2ccc(C=COCCO)cc2)C1. The average Bonchev–Trinajstić information content (AvgIpc) is 3.71. The number of nitrogens with zero attached hydrogens (tertiary/aromatic N) is 1. The van der Waals surface area contributed by atoms with Crippen molar-refractivity contribution in [1.29, 1.82) is 0 Å². The third-order valence-corrected chi connectivity index (χ3v) is 7.74. The molecule has 2 saturated heterocycles. The predicted octanol–water partition coefficient (Wildman–Crippen LogP) is 1.85. The van der Waals surface area contributed by atoms with Gasteiger partial charge in [-0.1, -0.05) is 12.1 Å². The molecule has 2 amide bonds. The van der Waals surface area contributed by atoms with E-state index in [1.807, 2.05) is 0 Å². The van der Waals surface area contributed by atoms with Gasteiger partial charge in [-0.15, -0.1) is 0 Å². The Balaban J connectivity index is 1.37. The van der Waals surface area contributed by atoms with Crippen molar-refractivity contribution in [3.63, 3.8) is 0 Å². The largest absolute Gasteiger partial charge is 0.499 e. The van der Waals surface area contributed by atoms with E-state index in [9.17, 15) is 24.3 Å². The predicted molar refractivity (Wildman–Crippen MR) is 164 cm³/mol. The van der Waals surface area contributed by atoms with Crippen LogP contribution in [0.4, 0.5) is 0 Å². The maximum atomic E-state index is 13.8. The number of hydrogen-bond donors (Lipinski definition) is 3. The second-order valence-corrected chi connectivity index (χ2v) is 12.4. The maximum absolute atomic E-state index is 13.8. The van der Waals surface area contributed by atoms with Crippen LogP contribution in [0.15, 0.2) is 42.2 Å². The number of amides is 2. The summed E-state index contributed by atoms with van der Waals surface area (Å²) in [4.78, 5) is 53.7. The lowest BCUT2D eigenvalue weighted by molar-refractivity contribution is -0.155. The molecule has 0 radical (unpaired) electrons. The molecule has 5 atom stereocenters. The molecule has 252 valence electrons. The van der Waals surface area contributed by atoms with Gasteiger partial charge in [0.1, 0.15) is 43.4 Å². The van der Waals surface area contributed by atoms with Crippen molar-refractivity contribution in [2.24, 2.45) is 0 Å². The van der Waals surface area contributed by atoms with E-state index in [-0.39, 0.29) is 51.8 Å². The fraction of sp³-hybridized carbons (Fsp3) is 0.576. The molecule has 0 spiro atoms. The smallest absolute Gasteiger partial charge is 0.338 e. The van der Waals surface area contributed by atoms with Crippen LogP contribution in [-0.4, -0.2) is 108 Å². The van der Waals surface area contributed by atoms with Crippen molar-refractivity contribution >= 4 is 29.8 Å². The topological polar surface area (TPSA) is 170 Å². The van der Waals surface area contributed by atoms with Gasteiger partial charge in [0.25, 0.3) is 0 Å². The zero-order valence-corrected chi connectivity index (χ0v) is 26.5. The van der Waals surface area contributed by atoms with E-state index in [0.29, 0.717) is 30.5 Å². The van der Waals surface area contributed by atoms with Crippen LogP contribution in [-0.2, 0) is 38.1 Å². The summed E-state index contributed by atoms with van der Waals surface area (Å²) in [5, 5.41) is 21.4. The van der Waals surface area contributed by atoms with Gasteiger partial charge in [-0.3, -0.25) is 14.4 Å². The Labute approximate surface area is 268 Å². The van der Waals surface area contributed by atoms with Crippen LogP contribution in [0.2, 0.25) is 0 Å². The Morgan fingerprint density at radius 2 is 1.89 bits per heavy atom. The zero-order valence-electron chi connectivity index (χ0n) is 26.5. The summed E-state index contributed by atoms with van der Waals surface area (Å²) in [5.74, 6) is -1.78. The average molecular weight is 645 g/mol. The van der Waals surface area contributed by atoms with Crippen molar-refractivity contribution in [3.05, 3.63) is 53.3 Å². The lowest BCUT2D eigenvalue weighted by atomic mass is 9.91. The van der Waals surface area contributed by atoms with Crippen molar-refractivity contribution in [2.75, 3.05) is 33.2 Å². The van der Waals surface area contributed by atoms with Crippen LogP contribution >= 0.6 is 0 Å². The maximum Gasteiger partial charge on any atom is 0.338 e. The van der Waals surface area contributed by atoms with E-state index in [1.165, 1.54) is 11.2 Å². The highest BCUT2D eigenvalue weighted by Gasteiger charge is 2.45. The van der Waals surface area contributed by atoms with E-state index in [0.717, 1.165) is 5.56 Å². The summed E-state index contributed by atoms with van der Waals surface area (Å²) in [6.07, 6.45) is 4.20. The molecule has 3 aliphatic rings. The molecule has 4 rings (SSSR count). The monoisotopic (exact) mass is 644 g/mol. The molecule has 1 aromatic carbocycles. The Morgan fingerprint density at radius 3 is 2.59 bits per heavy atom. The number of hydrogen-bond acceptors (Lipinski definition) is 11. The van der Waals surface area contributed by atoms with Gasteiger partial charge in [0.2, 0.25) is 11.8 Å². The van der Waals surface area contributed by atoms with Crippen molar-refractivity contribution in [2.45, 2.75) is 88.9 Å². The molecule has 46 heavy (non-hydrogen) atoms. The number of ether oxygens (including phenoxy) is 5. The number of rotatable bonds is 13. The number of fused-ring (bicyclic) bond motifs is 1. The number of nitrogens with one attached hydrogen (secondary N) is 1. The summed E-state index contributed by atoms with van der Waals surface area (Å²) in [7, 11) is 0. The Kier molecular flexibility index (Phi) is 12.3. The van der Waals surface area contributed by atoms with Crippen molar-refractivity contribution in [3.8, 4) is 0 Å². The van der Waals surface area contributed by atoms with Gasteiger partial charge in [-0.25, -0.2) is 4.79 Å². The van der Waals surface area contributed by atoms with Crippen LogP contribution < -0.4 is 5.32 Å². The summed E-state index contributed by atoms with van der Waals surface area (Å²) >= 11 is 0. The number of benzene rings is 1. The lowest BCUT2D eigenvalue weighted by Gasteiger charge is -2.33. The highest BCUT2D eigenvalue weighted by molar-refractivity contribution is 5.98. The lowest BCUT2D eigenvalue weighted by Crippen LogP contribution is -2.51. The van der Waals surface area contributed by atoms with Crippen LogP contribution in [0, 0.1) is 0 Å². The molecule has 2 aliphatic heterocycles. The number of carbonyl (C=O) groups excluding carboxylic acids is 4. The molecule has 2 fully saturated rings. The van der Waals surface area contributed by atoms with Crippen LogP contribution in [0.1, 0.15) is 68.8 Å². The summed E-state index contributed by atoms with van der Waals surface area (Å²) in [6, 6.07) is 5.24. The molecule has 0 saturated carbocycles. The molecule has 0 bridgehead atoms. The van der Waals surface area contributed by atoms with Crippen LogP contribution in [0.25, 0.3) is 6.08 Å². The quantitative estimate of drug-likeness (QED) is 0.163. The van der Waals surface area contributed by atoms with Gasteiger partial charge in [-0.05, 0) is 69.9 Å². The van der Waals surface area contributed by atoms with Crippen LogP contribution in [0.5, 0.6) is 0 Å². The summed E-state index contributed by atoms with van der Waals surface area (Å²) in [6.45, 7) is 5.36.